The van der Waals surface area contributed by atoms with Crippen molar-refractivity contribution in [1.82, 2.24) is 15.3 Å². The molecule has 0 saturated heterocycles. The molecule has 4 aromatic rings. The van der Waals surface area contributed by atoms with Crippen molar-refractivity contribution in [3.63, 3.8) is 0 Å². The number of carbonyl (C=O) groups is 1. The normalized spacial score (nSPS) is 11.7. The number of benzene rings is 1. The van der Waals surface area contributed by atoms with Crippen LogP contribution in [0.3, 0.4) is 0 Å². The summed E-state index contributed by atoms with van der Waals surface area (Å²) in [5.74, 6) is -0.339. The maximum absolute atomic E-state index is 13.0. The summed E-state index contributed by atoms with van der Waals surface area (Å²) >= 11 is 7.10. The molecule has 2 N–H and O–H groups in total. The monoisotopic (exact) mass is 449 g/mol. The lowest BCUT2D eigenvalue weighted by atomic mass is 10.1. The van der Waals surface area contributed by atoms with E-state index < -0.39 is 11.7 Å². The Morgan fingerprint density at radius 1 is 1.20 bits per heavy atom. The van der Waals surface area contributed by atoms with Gasteiger partial charge in [-0.1, -0.05) is 17.7 Å². The van der Waals surface area contributed by atoms with Crippen LogP contribution in [-0.2, 0) is 19.1 Å². The minimum atomic E-state index is -4.55. The van der Waals surface area contributed by atoms with E-state index in [4.69, 9.17) is 11.6 Å². The zero-order valence-corrected chi connectivity index (χ0v) is 17.0. The Bertz CT molecular complexity index is 1220. The third-order valence-electron chi connectivity index (χ3n) is 4.68. The summed E-state index contributed by atoms with van der Waals surface area (Å²) in [6.07, 6.45) is -0.479. The van der Waals surface area contributed by atoms with E-state index in [1.165, 1.54) is 23.5 Å². The molecule has 4 rings (SSSR count). The Labute approximate surface area is 178 Å². The van der Waals surface area contributed by atoms with E-state index in [1.807, 2.05) is 23.7 Å². The van der Waals surface area contributed by atoms with E-state index in [0.717, 1.165) is 27.5 Å². The Balaban J connectivity index is 1.49. The second kappa shape index (κ2) is 8.12. The van der Waals surface area contributed by atoms with E-state index >= 15 is 0 Å². The average Bonchev–Trinajstić information content (AvgIpc) is 3.36. The molecule has 0 aliphatic heterocycles. The molecule has 0 bridgehead atoms. The van der Waals surface area contributed by atoms with Crippen LogP contribution in [0.1, 0.15) is 31.9 Å². The summed E-state index contributed by atoms with van der Waals surface area (Å²) in [5, 5.41) is 5.13. The molecule has 0 spiro atoms. The van der Waals surface area contributed by atoms with Gasteiger partial charge in [0.2, 0.25) is 0 Å². The average molecular weight is 450 g/mol. The first-order valence-corrected chi connectivity index (χ1v) is 10.2. The maximum Gasteiger partial charge on any atom is 0.417 e. The van der Waals surface area contributed by atoms with Crippen molar-refractivity contribution in [2.24, 2.45) is 0 Å². The topological polar surface area (TPSA) is 57.8 Å². The highest BCUT2D eigenvalue weighted by Crippen LogP contribution is 2.35. The van der Waals surface area contributed by atoms with Crippen molar-refractivity contribution in [2.75, 3.05) is 0 Å². The highest BCUT2D eigenvalue weighted by Gasteiger charge is 2.33. The van der Waals surface area contributed by atoms with Crippen LogP contribution in [0.2, 0.25) is 5.02 Å². The molecule has 1 aromatic carbocycles. The Morgan fingerprint density at radius 2 is 2.03 bits per heavy atom. The molecule has 154 valence electrons. The molecule has 4 nitrogen and oxygen atoms in total. The van der Waals surface area contributed by atoms with Gasteiger partial charge >= 0.3 is 6.18 Å². The van der Waals surface area contributed by atoms with Crippen LogP contribution < -0.4 is 5.32 Å². The number of carbonyl (C=O) groups excluding carboxylic acids is 1. The third kappa shape index (κ3) is 4.20. The lowest BCUT2D eigenvalue weighted by Crippen LogP contribution is -2.23. The fourth-order valence-corrected chi connectivity index (χ4v) is 4.32. The molecule has 30 heavy (non-hydrogen) atoms. The molecule has 9 heteroatoms. The number of nitrogens with zero attached hydrogens (tertiary/aromatic N) is 1. The number of aromatic amines is 1. The molecule has 0 radical (unpaired) electrons. The molecule has 0 fully saturated rings. The van der Waals surface area contributed by atoms with Crippen LogP contribution in [0, 0.1) is 0 Å². The molecule has 0 aliphatic rings. The van der Waals surface area contributed by atoms with E-state index in [-0.39, 0.29) is 17.5 Å². The number of hydrogen-bond acceptors (Lipinski definition) is 3. The summed E-state index contributed by atoms with van der Waals surface area (Å²) in [7, 11) is 0. The van der Waals surface area contributed by atoms with Gasteiger partial charge in [0.15, 0.2) is 0 Å². The van der Waals surface area contributed by atoms with Crippen LogP contribution in [0.4, 0.5) is 13.2 Å². The second-order valence-corrected chi connectivity index (χ2v) is 8.05. The highest BCUT2D eigenvalue weighted by molar-refractivity contribution is 7.10. The van der Waals surface area contributed by atoms with Crippen LogP contribution >= 0.6 is 22.9 Å². The molecule has 0 atom stereocenters. The number of hydrogen-bond donors (Lipinski definition) is 2. The van der Waals surface area contributed by atoms with Gasteiger partial charge in [-0.05, 0) is 46.8 Å². The Hall–Kier alpha value is -2.84. The van der Waals surface area contributed by atoms with Gasteiger partial charge in [-0.3, -0.25) is 4.79 Å². The molecule has 3 heterocycles. The van der Waals surface area contributed by atoms with Crippen LogP contribution in [0.5, 0.6) is 0 Å². The summed E-state index contributed by atoms with van der Waals surface area (Å²) in [4.78, 5) is 20.9. The molecule has 0 unspecified atom stereocenters. The van der Waals surface area contributed by atoms with Crippen molar-refractivity contribution in [3.8, 4) is 0 Å². The van der Waals surface area contributed by atoms with Gasteiger partial charge in [0.1, 0.15) is 5.65 Å². The van der Waals surface area contributed by atoms with Gasteiger partial charge in [-0.2, -0.15) is 13.2 Å². The van der Waals surface area contributed by atoms with Gasteiger partial charge in [0, 0.05) is 35.6 Å². The number of alkyl halides is 3. The van der Waals surface area contributed by atoms with Crippen LogP contribution in [0.15, 0.2) is 54.2 Å². The number of aromatic nitrogens is 2. The van der Waals surface area contributed by atoms with Gasteiger partial charge in [0.25, 0.3) is 5.91 Å². The Kier molecular flexibility index (Phi) is 5.53. The number of fused-ring (bicyclic) bond motifs is 1. The van der Waals surface area contributed by atoms with Crippen molar-refractivity contribution in [3.05, 3.63) is 86.3 Å². The molecule has 0 aliphatic carbocycles. The standard InChI is InChI=1S/C21H15ClF3N3OS/c22-17-2-1-12(9-16(17)21(23,24)25)11-28-20(29)15-5-8-30-18(15)10-13-3-6-26-19-14(13)4-7-27-19/h1-9H,10-11H2,(H,26,27)(H,28,29). The summed E-state index contributed by atoms with van der Waals surface area (Å²) in [6.45, 7) is -0.0360. The van der Waals surface area contributed by atoms with Crippen molar-refractivity contribution < 1.29 is 18.0 Å². The first-order valence-electron chi connectivity index (χ1n) is 8.94. The van der Waals surface area contributed by atoms with Gasteiger partial charge in [-0.25, -0.2) is 4.98 Å². The van der Waals surface area contributed by atoms with E-state index in [2.05, 4.69) is 15.3 Å². The van der Waals surface area contributed by atoms with Crippen molar-refractivity contribution in [2.45, 2.75) is 19.1 Å². The zero-order chi connectivity index (χ0) is 21.3. The lowest BCUT2D eigenvalue weighted by Gasteiger charge is -2.12. The first kappa shape index (κ1) is 20.4. The smallest absolute Gasteiger partial charge is 0.348 e. The van der Waals surface area contributed by atoms with Crippen LogP contribution in [0.25, 0.3) is 11.0 Å². The van der Waals surface area contributed by atoms with E-state index in [9.17, 15) is 18.0 Å². The van der Waals surface area contributed by atoms with E-state index in [1.54, 1.807) is 12.3 Å². The fraction of sp³-hybridized carbons (Fsp3) is 0.143. The van der Waals surface area contributed by atoms with E-state index in [0.29, 0.717) is 17.5 Å². The molecule has 3 aromatic heterocycles. The van der Waals surface area contributed by atoms with Gasteiger partial charge in [-0.15, -0.1) is 11.3 Å². The number of thiophene rings is 1. The maximum atomic E-state index is 13.0. The number of halogens is 4. The second-order valence-electron chi connectivity index (χ2n) is 6.64. The molecule has 0 saturated carbocycles. The minimum Gasteiger partial charge on any atom is -0.348 e. The molecular weight excluding hydrogens is 435 g/mol. The number of pyridine rings is 1. The number of nitrogens with one attached hydrogen (secondary N) is 2. The predicted molar refractivity (Wildman–Crippen MR) is 111 cm³/mol. The minimum absolute atomic E-state index is 0.0360. The summed E-state index contributed by atoms with van der Waals surface area (Å²) < 4.78 is 39.1. The number of H-pyrrole nitrogens is 1. The molecule has 1 amide bonds. The number of amides is 1. The first-order chi connectivity index (χ1) is 14.3. The SMILES string of the molecule is O=C(NCc1ccc(Cl)c(C(F)(F)F)c1)c1ccsc1Cc1ccnc2[nH]ccc12. The van der Waals surface area contributed by atoms with Gasteiger partial charge < -0.3 is 10.3 Å². The van der Waals surface area contributed by atoms with Crippen molar-refractivity contribution >= 4 is 39.9 Å². The van der Waals surface area contributed by atoms with Gasteiger partial charge in [0.05, 0.1) is 16.1 Å². The Morgan fingerprint density at radius 3 is 2.83 bits per heavy atom. The largest absolute Gasteiger partial charge is 0.417 e. The predicted octanol–water partition coefficient (Wildman–Crippen LogP) is 5.82. The lowest BCUT2D eigenvalue weighted by molar-refractivity contribution is -0.137. The highest BCUT2D eigenvalue weighted by atomic mass is 35.5. The number of rotatable bonds is 5. The molecular formula is C21H15ClF3N3OS. The fourth-order valence-electron chi connectivity index (χ4n) is 3.20. The quantitative estimate of drug-likeness (QED) is 0.403. The zero-order valence-electron chi connectivity index (χ0n) is 15.4. The summed E-state index contributed by atoms with van der Waals surface area (Å²) in [6, 6.07) is 9.16. The summed E-state index contributed by atoms with van der Waals surface area (Å²) in [5.41, 5.74) is 1.72. The van der Waals surface area contributed by atoms with Crippen molar-refractivity contribution in [1.29, 1.82) is 0 Å². The third-order valence-corrected chi connectivity index (χ3v) is 5.93. The van der Waals surface area contributed by atoms with Crippen LogP contribution in [-0.4, -0.2) is 15.9 Å².